The quantitative estimate of drug-likeness (QED) is 0.783. The number of nitrogens with zero attached hydrogens (tertiary/aromatic N) is 3. The van der Waals surface area contributed by atoms with Gasteiger partial charge in [0.05, 0.1) is 6.10 Å². The van der Waals surface area contributed by atoms with E-state index in [2.05, 4.69) is 25.4 Å². The molecular weight excluding hydrogens is 254 g/mol. The molecule has 8 heteroatoms. The molecule has 0 bridgehead atoms. The first-order chi connectivity index (χ1) is 8.65. The molecule has 94 valence electrons. The zero-order valence-electron chi connectivity index (χ0n) is 9.49. The summed E-state index contributed by atoms with van der Waals surface area (Å²) < 4.78 is 3.52. The van der Waals surface area contributed by atoms with E-state index in [9.17, 15) is 9.90 Å². The van der Waals surface area contributed by atoms with Crippen LogP contribution in [0.25, 0.3) is 0 Å². The Morgan fingerprint density at radius 1 is 1.33 bits per heavy atom. The second kappa shape index (κ2) is 5.52. The molecule has 3 N–H and O–H groups in total. The van der Waals surface area contributed by atoms with Gasteiger partial charge in [-0.3, -0.25) is 5.32 Å². The zero-order valence-corrected chi connectivity index (χ0v) is 10.3. The lowest BCUT2D eigenvalue weighted by Crippen LogP contribution is -2.19. The van der Waals surface area contributed by atoms with Gasteiger partial charge in [-0.1, -0.05) is 21.7 Å². The number of urea groups is 1. The Morgan fingerprint density at radius 2 is 2.06 bits per heavy atom. The highest BCUT2D eigenvalue weighted by Gasteiger charge is 2.06. The molecule has 0 aliphatic heterocycles. The molecule has 1 atom stereocenters. The van der Waals surface area contributed by atoms with Crippen LogP contribution in [0.2, 0.25) is 0 Å². The fourth-order valence-electron chi connectivity index (χ4n) is 1.29. The number of carbonyl (C=O) groups excluding carboxylic acids is 1. The molecular formula is C10H11N5O2S. The van der Waals surface area contributed by atoms with Gasteiger partial charge in [0.25, 0.3) is 0 Å². The minimum Gasteiger partial charge on any atom is -0.389 e. The number of aliphatic hydroxyl groups excluding tert-OH is 1. The van der Waals surface area contributed by atoms with E-state index in [0.717, 1.165) is 17.1 Å². The summed E-state index contributed by atoms with van der Waals surface area (Å²) in [6, 6.07) is 6.48. The summed E-state index contributed by atoms with van der Waals surface area (Å²) in [5.74, 6) is 0. The van der Waals surface area contributed by atoms with Crippen molar-refractivity contribution in [2.45, 2.75) is 13.0 Å². The van der Waals surface area contributed by atoms with Crippen molar-refractivity contribution in [2.75, 3.05) is 10.6 Å². The number of aliphatic hydroxyl groups is 1. The summed E-state index contributed by atoms with van der Waals surface area (Å²) in [5, 5.41) is 21.7. The number of anilines is 2. The molecule has 2 amide bonds. The maximum atomic E-state index is 11.5. The van der Waals surface area contributed by atoms with Crippen molar-refractivity contribution in [3.05, 3.63) is 29.8 Å². The number of carbonyl (C=O) groups is 1. The number of hydrogen-bond donors (Lipinski definition) is 3. The largest absolute Gasteiger partial charge is 0.389 e. The van der Waals surface area contributed by atoms with Gasteiger partial charge in [-0.05, 0) is 29.8 Å². The molecule has 1 aromatic heterocycles. The molecule has 2 aromatic rings. The van der Waals surface area contributed by atoms with E-state index < -0.39 is 12.1 Å². The van der Waals surface area contributed by atoms with Crippen molar-refractivity contribution in [2.24, 2.45) is 0 Å². The molecule has 2 rings (SSSR count). The number of amides is 2. The van der Waals surface area contributed by atoms with E-state index in [-0.39, 0.29) is 0 Å². The van der Waals surface area contributed by atoms with Crippen LogP contribution in [0, 0.1) is 0 Å². The molecule has 0 spiro atoms. The van der Waals surface area contributed by atoms with Gasteiger partial charge in [0, 0.05) is 17.2 Å². The number of hydrogen-bond acceptors (Lipinski definition) is 6. The smallest absolute Gasteiger partial charge is 0.325 e. The van der Waals surface area contributed by atoms with Crippen molar-refractivity contribution in [1.29, 1.82) is 0 Å². The third-order valence-electron chi connectivity index (χ3n) is 2.17. The first-order valence-electron chi connectivity index (χ1n) is 5.16. The molecule has 0 saturated heterocycles. The fraction of sp³-hybridized carbons (Fsp3) is 0.200. The molecule has 7 nitrogen and oxygen atoms in total. The Hall–Kier alpha value is -2.06. The molecule has 1 aromatic carbocycles. The van der Waals surface area contributed by atoms with E-state index in [0.29, 0.717) is 10.8 Å². The lowest BCUT2D eigenvalue weighted by molar-refractivity contribution is 0.199. The standard InChI is InChI=1S/C10H11N5O2S/c1-6(16)7-2-4-8(5-3-7)11-9(17)12-10-13-14-15-18-10/h2-6,16H,1H3,(H2,11,12,13,15,17). The average Bonchev–Trinajstić information content (AvgIpc) is 2.82. The summed E-state index contributed by atoms with van der Waals surface area (Å²) in [4.78, 5) is 11.5. The van der Waals surface area contributed by atoms with Crippen LogP contribution in [0.5, 0.6) is 0 Å². The highest BCUT2D eigenvalue weighted by Crippen LogP contribution is 2.15. The van der Waals surface area contributed by atoms with Crippen LogP contribution >= 0.6 is 11.5 Å². The van der Waals surface area contributed by atoms with Crippen LogP contribution in [0.4, 0.5) is 15.6 Å². The Kier molecular flexibility index (Phi) is 3.80. The van der Waals surface area contributed by atoms with Crippen LogP contribution in [0.1, 0.15) is 18.6 Å². The van der Waals surface area contributed by atoms with E-state index in [1.165, 1.54) is 0 Å². The predicted molar refractivity (Wildman–Crippen MR) is 67.4 cm³/mol. The minimum atomic E-state index is -0.527. The maximum absolute atomic E-state index is 11.5. The topological polar surface area (TPSA) is 100 Å². The lowest BCUT2D eigenvalue weighted by Gasteiger charge is -2.07. The molecule has 1 heterocycles. The van der Waals surface area contributed by atoms with E-state index in [1.807, 2.05) is 0 Å². The highest BCUT2D eigenvalue weighted by molar-refractivity contribution is 7.09. The van der Waals surface area contributed by atoms with E-state index in [4.69, 9.17) is 0 Å². The van der Waals surface area contributed by atoms with Crippen LogP contribution in [-0.4, -0.2) is 25.9 Å². The van der Waals surface area contributed by atoms with Crippen molar-refractivity contribution in [3.63, 3.8) is 0 Å². The van der Waals surface area contributed by atoms with Crippen molar-refractivity contribution >= 4 is 28.4 Å². The van der Waals surface area contributed by atoms with Crippen LogP contribution in [-0.2, 0) is 0 Å². The number of nitrogens with one attached hydrogen (secondary N) is 2. The highest BCUT2D eigenvalue weighted by atomic mass is 32.1. The number of aromatic nitrogens is 3. The second-order valence-electron chi connectivity index (χ2n) is 3.54. The summed E-state index contributed by atoms with van der Waals surface area (Å²) in [6.07, 6.45) is -0.527. The third kappa shape index (κ3) is 3.22. The Bertz CT molecular complexity index is 512. The average molecular weight is 265 g/mol. The first kappa shape index (κ1) is 12.4. The zero-order chi connectivity index (χ0) is 13.0. The molecule has 0 aliphatic carbocycles. The summed E-state index contributed by atoms with van der Waals surface area (Å²) in [7, 11) is 0. The van der Waals surface area contributed by atoms with Crippen LogP contribution in [0.3, 0.4) is 0 Å². The molecule has 0 fully saturated rings. The Morgan fingerprint density at radius 3 is 2.61 bits per heavy atom. The maximum Gasteiger partial charge on any atom is 0.325 e. The third-order valence-corrected chi connectivity index (χ3v) is 2.68. The Balaban J connectivity index is 1.95. The predicted octanol–water partition coefficient (Wildman–Crippen LogP) is 1.63. The molecule has 18 heavy (non-hydrogen) atoms. The summed E-state index contributed by atoms with van der Waals surface area (Å²) in [6.45, 7) is 1.68. The molecule has 0 aliphatic rings. The number of rotatable bonds is 3. The van der Waals surface area contributed by atoms with Gasteiger partial charge in [-0.2, -0.15) is 0 Å². The van der Waals surface area contributed by atoms with Gasteiger partial charge in [-0.15, -0.1) is 0 Å². The van der Waals surface area contributed by atoms with Crippen molar-refractivity contribution in [1.82, 2.24) is 14.8 Å². The molecule has 0 radical (unpaired) electrons. The van der Waals surface area contributed by atoms with Crippen molar-refractivity contribution < 1.29 is 9.90 Å². The van der Waals surface area contributed by atoms with Crippen molar-refractivity contribution in [3.8, 4) is 0 Å². The monoisotopic (exact) mass is 265 g/mol. The van der Waals surface area contributed by atoms with Gasteiger partial charge < -0.3 is 10.4 Å². The first-order valence-corrected chi connectivity index (χ1v) is 5.93. The van der Waals surface area contributed by atoms with Crippen LogP contribution in [0.15, 0.2) is 24.3 Å². The lowest BCUT2D eigenvalue weighted by atomic mass is 10.1. The van der Waals surface area contributed by atoms with Gasteiger partial charge >= 0.3 is 6.03 Å². The van der Waals surface area contributed by atoms with E-state index >= 15 is 0 Å². The SMILES string of the molecule is CC(O)c1ccc(NC(=O)Nc2nnns2)cc1. The minimum absolute atomic E-state index is 0.327. The normalized spacial score (nSPS) is 11.9. The van der Waals surface area contributed by atoms with Gasteiger partial charge in [0.1, 0.15) is 0 Å². The Labute approximate surface area is 107 Å². The summed E-state index contributed by atoms with van der Waals surface area (Å²) >= 11 is 0.991. The molecule has 1 unspecified atom stereocenters. The second-order valence-corrected chi connectivity index (χ2v) is 4.28. The number of benzene rings is 1. The van der Waals surface area contributed by atoms with Crippen LogP contribution < -0.4 is 10.6 Å². The van der Waals surface area contributed by atoms with Gasteiger partial charge in [-0.25, -0.2) is 4.79 Å². The summed E-state index contributed by atoms with van der Waals surface area (Å²) in [5.41, 5.74) is 1.41. The van der Waals surface area contributed by atoms with Gasteiger partial charge in [0.15, 0.2) is 0 Å². The molecule has 0 saturated carbocycles. The van der Waals surface area contributed by atoms with Gasteiger partial charge in [0.2, 0.25) is 5.13 Å². The van der Waals surface area contributed by atoms with E-state index in [1.54, 1.807) is 31.2 Å². The fourth-order valence-corrected chi connectivity index (χ4v) is 1.65.